The van der Waals surface area contributed by atoms with Gasteiger partial charge in [-0.25, -0.2) is 8.42 Å². The van der Waals surface area contributed by atoms with Gasteiger partial charge < -0.3 is 15.4 Å². The summed E-state index contributed by atoms with van der Waals surface area (Å²) in [5.74, 6) is 1.55. The number of ether oxygens (including phenoxy) is 1. The minimum Gasteiger partial charge on any atom is -0.496 e. The molecular formula is C26H23N3O5S. The van der Waals surface area contributed by atoms with E-state index in [1.54, 1.807) is 36.4 Å². The van der Waals surface area contributed by atoms with Crippen LogP contribution >= 0.6 is 0 Å². The molecule has 0 unspecified atom stereocenters. The van der Waals surface area contributed by atoms with Crippen LogP contribution < -0.4 is 19.7 Å². The van der Waals surface area contributed by atoms with Gasteiger partial charge in [-0.05, 0) is 54.4 Å². The highest BCUT2D eigenvalue weighted by molar-refractivity contribution is 7.92. The van der Waals surface area contributed by atoms with Gasteiger partial charge in [0, 0.05) is 17.8 Å². The van der Waals surface area contributed by atoms with E-state index in [2.05, 4.69) is 16.6 Å². The third-order valence-corrected chi connectivity index (χ3v) is 7.38. The highest BCUT2D eigenvalue weighted by Gasteiger charge is 2.31. The van der Waals surface area contributed by atoms with Crippen molar-refractivity contribution in [2.75, 3.05) is 29.8 Å². The van der Waals surface area contributed by atoms with Gasteiger partial charge in [0.25, 0.3) is 15.9 Å². The molecule has 3 aromatic rings. The molecule has 2 N–H and O–H groups in total. The molecular weight excluding hydrogens is 466 g/mol. The lowest BCUT2D eigenvalue weighted by Gasteiger charge is -2.20. The number of rotatable bonds is 7. The summed E-state index contributed by atoms with van der Waals surface area (Å²) < 4.78 is 33.3. The van der Waals surface area contributed by atoms with E-state index in [4.69, 9.17) is 11.2 Å². The molecule has 1 aliphatic heterocycles. The van der Waals surface area contributed by atoms with Gasteiger partial charge in [-0.3, -0.25) is 13.9 Å². The van der Waals surface area contributed by atoms with Gasteiger partial charge in [0.15, 0.2) is 0 Å². The Kier molecular flexibility index (Phi) is 6.75. The van der Waals surface area contributed by atoms with E-state index < -0.39 is 21.8 Å². The van der Waals surface area contributed by atoms with Crippen molar-refractivity contribution >= 4 is 33.2 Å². The summed E-state index contributed by atoms with van der Waals surface area (Å²) in [7, 11) is -2.53. The average Bonchev–Trinajstić information content (AvgIpc) is 3.32. The Bertz CT molecular complexity index is 1440. The highest BCUT2D eigenvalue weighted by Crippen LogP contribution is 2.33. The Balaban J connectivity index is 1.51. The molecule has 2 amide bonds. The molecule has 9 heteroatoms. The van der Waals surface area contributed by atoms with Crippen LogP contribution in [-0.2, 0) is 21.2 Å². The number of para-hydroxylation sites is 1. The number of sulfonamides is 1. The van der Waals surface area contributed by atoms with Crippen molar-refractivity contribution in [2.45, 2.75) is 11.3 Å². The SMILES string of the molecule is C#Cc1cccc(NC(=O)CNC(=O)c2cc(S(=O)(=O)N3CCc4ccccc43)ccc2OC)c1. The second-order valence-corrected chi connectivity index (χ2v) is 9.64. The molecule has 4 rings (SSSR count). The molecule has 0 atom stereocenters. The van der Waals surface area contributed by atoms with Crippen LogP contribution in [0.2, 0.25) is 0 Å². The number of carbonyl (C=O) groups excluding carboxylic acids is 2. The molecule has 0 bridgehead atoms. The third kappa shape index (κ3) is 4.98. The highest BCUT2D eigenvalue weighted by atomic mass is 32.2. The third-order valence-electron chi connectivity index (χ3n) is 5.57. The maximum atomic E-state index is 13.4. The van der Waals surface area contributed by atoms with Gasteiger partial charge in [0.1, 0.15) is 5.75 Å². The first kappa shape index (κ1) is 23.9. The number of hydrogen-bond acceptors (Lipinski definition) is 5. The zero-order chi connectivity index (χ0) is 25.0. The summed E-state index contributed by atoms with van der Waals surface area (Å²) in [6.45, 7) is -0.0188. The second kappa shape index (κ2) is 9.91. The Morgan fingerprint density at radius 3 is 2.66 bits per heavy atom. The lowest BCUT2D eigenvalue weighted by atomic mass is 10.2. The second-order valence-electron chi connectivity index (χ2n) is 7.77. The Morgan fingerprint density at radius 2 is 1.89 bits per heavy atom. The Hall–Kier alpha value is -4.29. The van der Waals surface area contributed by atoms with Gasteiger partial charge in [-0.2, -0.15) is 0 Å². The smallest absolute Gasteiger partial charge is 0.264 e. The topological polar surface area (TPSA) is 105 Å². The summed E-state index contributed by atoms with van der Waals surface area (Å²) in [5.41, 5.74) is 2.68. The summed E-state index contributed by atoms with van der Waals surface area (Å²) >= 11 is 0. The van der Waals surface area contributed by atoms with Gasteiger partial charge >= 0.3 is 0 Å². The van der Waals surface area contributed by atoms with Gasteiger partial charge in [-0.15, -0.1) is 6.42 Å². The molecule has 35 heavy (non-hydrogen) atoms. The number of fused-ring (bicyclic) bond motifs is 1. The lowest BCUT2D eigenvalue weighted by molar-refractivity contribution is -0.115. The fraction of sp³-hybridized carbons (Fsp3) is 0.154. The maximum absolute atomic E-state index is 13.4. The largest absolute Gasteiger partial charge is 0.496 e. The first-order valence-corrected chi connectivity index (χ1v) is 12.2. The van der Waals surface area contributed by atoms with Crippen LogP contribution in [0.3, 0.4) is 0 Å². The first-order valence-electron chi connectivity index (χ1n) is 10.8. The van der Waals surface area contributed by atoms with E-state index in [1.807, 2.05) is 12.1 Å². The number of amides is 2. The standard InChI is InChI=1S/C26H23N3O5S/c1-3-18-7-6-9-20(15-18)28-25(30)17-27-26(31)22-16-21(11-12-24(22)34-2)35(32,33)29-14-13-19-8-4-5-10-23(19)29/h1,4-12,15-16H,13-14,17H2,2H3,(H,27,31)(H,28,30). The number of nitrogens with zero attached hydrogens (tertiary/aromatic N) is 1. The molecule has 0 fully saturated rings. The molecule has 8 nitrogen and oxygen atoms in total. The van der Waals surface area contributed by atoms with E-state index >= 15 is 0 Å². The number of hydrogen-bond donors (Lipinski definition) is 2. The van der Waals surface area contributed by atoms with Crippen LogP contribution in [0.25, 0.3) is 0 Å². The molecule has 0 radical (unpaired) electrons. The molecule has 0 aliphatic carbocycles. The minimum atomic E-state index is -3.91. The molecule has 1 heterocycles. The van der Waals surface area contributed by atoms with Crippen LogP contribution in [-0.4, -0.2) is 40.4 Å². The van der Waals surface area contributed by atoms with E-state index in [0.717, 1.165) is 5.56 Å². The summed E-state index contributed by atoms with van der Waals surface area (Å²) in [5, 5.41) is 5.16. The number of anilines is 2. The average molecular weight is 490 g/mol. The normalized spacial score (nSPS) is 12.4. The number of terminal acetylenes is 1. The van der Waals surface area contributed by atoms with Crippen LogP contribution in [0.5, 0.6) is 5.75 Å². The van der Waals surface area contributed by atoms with Crippen molar-refractivity contribution < 1.29 is 22.7 Å². The van der Waals surface area contributed by atoms with E-state index in [-0.39, 0.29) is 22.8 Å². The summed E-state index contributed by atoms with van der Waals surface area (Å²) in [6, 6.07) is 18.1. The zero-order valence-corrected chi connectivity index (χ0v) is 19.8. The van der Waals surface area contributed by atoms with Crippen LogP contribution in [0.15, 0.2) is 71.6 Å². The molecule has 0 aromatic heterocycles. The monoisotopic (exact) mass is 489 g/mol. The van der Waals surface area contributed by atoms with E-state index in [0.29, 0.717) is 29.9 Å². The van der Waals surface area contributed by atoms with Crippen molar-refractivity contribution in [1.29, 1.82) is 0 Å². The van der Waals surface area contributed by atoms with Crippen LogP contribution in [0.4, 0.5) is 11.4 Å². The fourth-order valence-electron chi connectivity index (χ4n) is 3.86. The van der Waals surface area contributed by atoms with E-state index in [1.165, 1.54) is 29.6 Å². The number of methoxy groups -OCH3 is 1. The number of benzene rings is 3. The van der Waals surface area contributed by atoms with Crippen LogP contribution in [0, 0.1) is 12.3 Å². The molecule has 0 spiro atoms. The van der Waals surface area contributed by atoms with Crippen LogP contribution in [0.1, 0.15) is 21.5 Å². The predicted molar refractivity (Wildman–Crippen MR) is 133 cm³/mol. The quantitative estimate of drug-likeness (QED) is 0.497. The molecule has 0 saturated heterocycles. The molecule has 0 saturated carbocycles. The maximum Gasteiger partial charge on any atom is 0.264 e. The summed E-state index contributed by atoms with van der Waals surface area (Å²) in [6.07, 6.45) is 5.98. The summed E-state index contributed by atoms with van der Waals surface area (Å²) in [4.78, 5) is 25.1. The molecule has 3 aromatic carbocycles. The zero-order valence-electron chi connectivity index (χ0n) is 18.9. The van der Waals surface area contributed by atoms with Crippen molar-refractivity contribution in [3.05, 3.63) is 83.4 Å². The van der Waals surface area contributed by atoms with Gasteiger partial charge in [0.05, 0.1) is 29.8 Å². The minimum absolute atomic E-state index is 0.00295. The molecule has 178 valence electrons. The number of nitrogens with one attached hydrogen (secondary N) is 2. The fourth-order valence-corrected chi connectivity index (χ4v) is 5.39. The Labute approximate surface area is 204 Å². The van der Waals surface area contributed by atoms with E-state index in [9.17, 15) is 18.0 Å². The molecule has 1 aliphatic rings. The lowest BCUT2D eigenvalue weighted by Crippen LogP contribution is -2.33. The predicted octanol–water partition coefficient (Wildman–Crippen LogP) is 2.80. The van der Waals surface area contributed by atoms with Gasteiger partial charge in [-0.1, -0.05) is 30.2 Å². The first-order chi connectivity index (χ1) is 16.8. The van der Waals surface area contributed by atoms with Crippen molar-refractivity contribution in [2.24, 2.45) is 0 Å². The van der Waals surface area contributed by atoms with Crippen molar-refractivity contribution in [1.82, 2.24) is 5.32 Å². The van der Waals surface area contributed by atoms with Crippen molar-refractivity contribution in [3.63, 3.8) is 0 Å². The van der Waals surface area contributed by atoms with Crippen molar-refractivity contribution in [3.8, 4) is 18.1 Å². The Morgan fingerprint density at radius 1 is 1.09 bits per heavy atom. The van der Waals surface area contributed by atoms with Gasteiger partial charge in [0.2, 0.25) is 5.91 Å². The number of carbonyl (C=O) groups is 2.